The Balaban J connectivity index is 1.64. The van der Waals surface area contributed by atoms with Gasteiger partial charge in [-0.2, -0.15) is 9.78 Å². The van der Waals surface area contributed by atoms with E-state index in [1.165, 1.54) is 17.2 Å². The summed E-state index contributed by atoms with van der Waals surface area (Å²) in [7, 11) is 0. The first-order valence-corrected chi connectivity index (χ1v) is 10.5. The van der Waals surface area contributed by atoms with Gasteiger partial charge in [0.1, 0.15) is 0 Å². The second kappa shape index (κ2) is 9.98. The summed E-state index contributed by atoms with van der Waals surface area (Å²) in [5.41, 5.74) is 10.1. The van der Waals surface area contributed by atoms with Crippen molar-refractivity contribution in [3.63, 3.8) is 0 Å². The molecule has 0 fully saturated rings. The number of carbonyl (C=O) groups excluding carboxylic acids is 2. The van der Waals surface area contributed by atoms with E-state index in [1.807, 2.05) is 24.3 Å². The van der Waals surface area contributed by atoms with Crippen LogP contribution in [0.4, 0.5) is 11.5 Å². The average molecular weight is 482 g/mol. The van der Waals surface area contributed by atoms with E-state index in [-0.39, 0.29) is 36.2 Å². The lowest BCUT2D eigenvalue weighted by molar-refractivity contribution is -0.134. The number of anilines is 2. The molecule has 2 aromatic heterocycles. The van der Waals surface area contributed by atoms with Crippen molar-refractivity contribution in [2.75, 3.05) is 23.8 Å². The first-order chi connectivity index (χ1) is 16.9. The van der Waals surface area contributed by atoms with E-state index >= 15 is 0 Å². The van der Waals surface area contributed by atoms with Crippen LogP contribution in [0, 0.1) is 0 Å². The van der Waals surface area contributed by atoms with Crippen LogP contribution in [0.25, 0.3) is 5.82 Å². The molecule has 4 rings (SSSR count). The first-order valence-electron chi connectivity index (χ1n) is 10.5. The summed E-state index contributed by atoms with van der Waals surface area (Å²) in [6.07, 6.45) is 0.841. The van der Waals surface area contributed by atoms with Gasteiger partial charge in [-0.1, -0.05) is 28.6 Å². The summed E-state index contributed by atoms with van der Waals surface area (Å²) in [6, 6.07) is 7.93. The minimum atomic E-state index is -0.890. The molecule has 1 aliphatic heterocycles. The number of nitrogens with one attached hydrogen (secondary N) is 1. The van der Waals surface area contributed by atoms with Crippen LogP contribution < -0.4 is 16.1 Å². The highest BCUT2D eigenvalue weighted by Crippen LogP contribution is 2.30. The second-order valence-electron chi connectivity index (χ2n) is 7.38. The van der Waals surface area contributed by atoms with E-state index in [9.17, 15) is 9.59 Å². The van der Waals surface area contributed by atoms with Gasteiger partial charge in [-0.05, 0) is 42.2 Å². The highest BCUT2D eigenvalue weighted by atomic mass is 16.6. The number of nitrogens with zero attached hydrogens (tertiary/aromatic N) is 8. The van der Waals surface area contributed by atoms with Gasteiger partial charge in [-0.3, -0.25) is 4.79 Å². The molecule has 1 aliphatic rings. The fourth-order valence-electron chi connectivity index (χ4n) is 3.58. The number of oxime groups is 1. The zero-order valence-corrected chi connectivity index (χ0v) is 18.9. The molecule has 15 nitrogen and oxygen atoms in total. The molecular formula is C20H22N10O5. The van der Waals surface area contributed by atoms with Crippen molar-refractivity contribution in [2.24, 2.45) is 10.3 Å². The standard InChI is InChI=1S/C20H22N10O5/c1-3-34-20(32)15(25-33)11(2)22-24-19(31)16-14(30(28-23-16)18-17(21)26-35-27-18)10-29-9-8-12-6-4-5-7-13(12)29/h4-7,33H,3,8-10H2,1-2H3,(H2,21,26)(H,24,31)/b22-11+,25-15+. The topological polar surface area (TPSA) is 199 Å². The van der Waals surface area contributed by atoms with Gasteiger partial charge in [-0.25, -0.2) is 14.8 Å². The molecule has 0 unspecified atom stereocenters. The molecule has 3 heterocycles. The lowest BCUT2D eigenvalue weighted by atomic mass is 10.2. The number of benzene rings is 1. The average Bonchev–Trinajstić information content (AvgIpc) is 3.57. The Hall–Kier alpha value is -4.82. The van der Waals surface area contributed by atoms with Gasteiger partial charge < -0.3 is 20.6 Å². The quantitative estimate of drug-likeness (QED) is 0.172. The number of amides is 1. The zero-order valence-electron chi connectivity index (χ0n) is 18.9. The van der Waals surface area contributed by atoms with E-state index in [2.05, 4.69) is 45.8 Å². The van der Waals surface area contributed by atoms with Crippen LogP contribution in [-0.2, 0) is 22.5 Å². The normalized spacial score (nSPS) is 13.6. The molecule has 0 aliphatic carbocycles. The van der Waals surface area contributed by atoms with Crippen molar-refractivity contribution in [1.29, 1.82) is 0 Å². The van der Waals surface area contributed by atoms with Crippen LogP contribution in [0.15, 0.2) is 39.2 Å². The maximum absolute atomic E-state index is 13.0. The Kier molecular flexibility index (Phi) is 6.66. The minimum absolute atomic E-state index is 0.0305. The Labute approximate surface area is 198 Å². The summed E-state index contributed by atoms with van der Waals surface area (Å²) in [4.78, 5) is 26.9. The molecule has 3 aromatic rings. The highest BCUT2D eigenvalue weighted by molar-refractivity contribution is 6.65. The van der Waals surface area contributed by atoms with Crippen LogP contribution in [0.3, 0.4) is 0 Å². The van der Waals surface area contributed by atoms with Gasteiger partial charge in [0, 0.05) is 12.2 Å². The monoisotopic (exact) mass is 482 g/mol. The molecule has 0 bridgehead atoms. The Morgan fingerprint density at radius 3 is 2.83 bits per heavy atom. The number of aromatic nitrogens is 5. The summed E-state index contributed by atoms with van der Waals surface area (Å²) >= 11 is 0. The summed E-state index contributed by atoms with van der Waals surface area (Å²) < 4.78 is 10.8. The lowest BCUT2D eigenvalue weighted by Gasteiger charge is -2.19. The van der Waals surface area contributed by atoms with Gasteiger partial charge in [0.25, 0.3) is 5.91 Å². The van der Waals surface area contributed by atoms with Crippen molar-refractivity contribution >= 4 is 34.8 Å². The molecule has 1 amide bonds. The number of ether oxygens (including phenoxy) is 1. The number of fused-ring (bicyclic) bond motifs is 1. The molecular weight excluding hydrogens is 460 g/mol. The molecule has 182 valence electrons. The molecule has 0 spiro atoms. The van der Waals surface area contributed by atoms with Crippen LogP contribution in [0.1, 0.15) is 35.6 Å². The predicted molar refractivity (Wildman–Crippen MR) is 121 cm³/mol. The van der Waals surface area contributed by atoms with Gasteiger partial charge in [0.05, 0.1) is 24.6 Å². The van der Waals surface area contributed by atoms with E-state index in [4.69, 9.17) is 15.7 Å². The van der Waals surface area contributed by atoms with Crippen molar-refractivity contribution in [1.82, 2.24) is 30.7 Å². The smallest absolute Gasteiger partial charge is 0.362 e. The van der Waals surface area contributed by atoms with Gasteiger partial charge in [0.15, 0.2) is 5.69 Å². The van der Waals surface area contributed by atoms with Gasteiger partial charge in [-0.15, -0.1) is 5.10 Å². The van der Waals surface area contributed by atoms with Crippen molar-refractivity contribution in [2.45, 2.75) is 26.8 Å². The lowest BCUT2D eigenvalue weighted by Crippen LogP contribution is -2.29. The number of rotatable bonds is 8. The number of hydrogen-bond donors (Lipinski definition) is 3. The van der Waals surface area contributed by atoms with E-state index in [1.54, 1.807) is 6.92 Å². The number of carbonyl (C=O) groups is 2. The van der Waals surface area contributed by atoms with Crippen LogP contribution in [0.5, 0.6) is 0 Å². The molecule has 0 radical (unpaired) electrons. The third-order valence-electron chi connectivity index (χ3n) is 5.24. The maximum Gasteiger partial charge on any atom is 0.362 e. The van der Waals surface area contributed by atoms with Crippen LogP contribution in [-0.4, -0.2) is 67.0 Å². The number of hydrogen-bond acceptors (Lipinski definition) is 13. The minimum Gasteiger partial charge on any atom is -0.461 e. The first kappa shape index (κ1) is 23.3. The maximum atomic E-state index is 13.0. The summed E-state index contributed by atoms with van der Waals surface area (Å²) in [5.74, 6) is -1.57. The number of nitrogen functional groups attached to an aromatic ring is 1. The van der Waals surface area contributed by atoms with E-state index in [0.717, 1.165) is 12.1 Å². The Morgan fingerprint density at radius 1 is 1.31 bits per heavy atom. The third-order valence-corrected chi connectivity index (χ3v) is 5.24. The van der Waals surface area contributed by atoms with Crippen molar-refractivity contribution in [3.05, 3.63) is 41.2 Å². The Bertz CT molecular complexity index is 1310. The molecule has 35 heavy (non-hydrogen) atoms. The molecule has 4 N–H and O–H groups in total. The number of esters is 1. The van der Waals surface area contributed by atoms with E-state index < -0.39 is 17.6 Å². The SMILES string of the molecule is CCOC(=O)C(=N/O)/C(C)=N/NC(=O)c1nnn(-c2nonc2N)c1CN1CCc2ccccc21. The fraction of sp³-hybridized carbons (Fsp3) is 0.300. The second-order valence-corrected chi connectivity index (χ2v) is 7.38. The number of nitrogens with two attached hydrogens (primary N) is 1. The van der Waals surface area contributed by atoms with Crippen molar-refractivity contribution < 1.29 is 24.2 Å². The van der Waals surface area contributed by atoms with Crippen LogP contribution >= 0.6 is 0 Å². The Morgan fingerprint density at radius 2 is 2.11 bits per heavy atom. The fourth-order valence-corrected chi connectivity index (χ4v) is 3.58. The number of para-hydroxylation sites is 1. The summed E-state index contributed by atoms with van der Waals surface area (Å²) in [6.45, 7) is 4.00. The van der Waals surface area contributed by atoms with Gasteiger partial charge >= 0.3 is 5.97 Å². The molecule has 0 saturated heterocycles. The van der Waals surface area contributed by atoms with Crippen LogP contribution in [0.2, 0.25) is 0 Å². The van der Waals surface area contributed by atoms with Crippen molar-refractivity contribution in [3.8, 4) is 5.82 Å². The molecule has 15 heteroatoms. The highest BCUT2D eigenvalue weighted by Gasteiger charge is 2.28. The molecule has 0 saturated carbocycles. The van der Waals surface area contributed by atoms with Gasteiger partial charge in [0.2, 0.25) is 17.3 Å². The molecule has 1 aromatic carbocycles. The van der Waals surface area contributed by atoms with E-state index in [0.29, 0.717) is 12.2 Å². The molecule has 0 atom stereocenters. The predicted octanol–water partition coefficient (Wildman–Crippen LogP) is 0.294. The number of hydrazone groups is 1. The largest absolute Gasteiger partial charge is 0.461 e. The third kappa shape index (κ3) is 4.64. The zero-order chi connectivity index (χ0) is 24.9. The summed E-state index contributed by atoms with van der Waals surface area (Å²) in [5, 5.41) is 31.2.